The molecule has 1 aromatic rings. The fraction of sp³-hybridized carbons (Fsp3) is 0.773. The Balaban J connectivity index is 0.763. The van der Waals surface area contributed by atoms with Crippen LogP contribution in [0.15, 0.2) is 18.5 Å². The van der Waals surface area contributed by atoms with E-state index in [0.717, 1.165) is 109 Å². The minimum absolute atomic E-state index is 0.0408. The number of hydrazine groups is 1. The molecule has 15 heteroatoms. The molecule has 0 spiro atoms. The van der Waals surface area contributed by atoms with Crippen molar-refractivity contribution in [3.05, 3.63) is 24.0 Å². The van der Waals surface area contributed by atoms with Crippen molar-refractivity contribution in [1.29, 1.82) is 0 Å². The molecule has 0 aromatic carbocycles. The molecule has 12 nitrogen and oxygen atoms in total. The van der Waals surface area contributed by atoms with Crippen LogP contribution in [-0.4, -0.2) is 127 Å². The maximum Gasteiger partial charge on any atom is 0.392 e. The maximum atomic E-state index is 14.6. The highest BCUT2D eigenvalue weighted by atomic mass is 19.4. The number of hydrogen-bond acceptors (Lipinski definition) is 10. The lowest BCUT2D eigenvalue weighted by molar-refractivity contribution is -0.200. The van der Waals surface area contributed by atoms with Crippen molar-refractivity contribution >= 4 is 23.4 Å². The molecule has 4 N–H and O–H groups in total. The normalized spacial score (nSPS) is 34.4. The molecule has 2 saturated carbocycles. The standard InChI is InChI=1S/C44H64F3N9O3/c1-29-4-5-32(21-31(29)7-9-36-26-49-40-3-2-14-50-56(36)40)42(58)51-35-8-6-33(39(23-35)44(45,46)47)28-54-19-17-53(18-20-54)27-30-12-15-55(16-13-30)37-22-34(24-48-25-37)38-10-11-41(57)52-43(38)59/h22,24-25,29-33,35-36,38-40,49-50H,2-6,8,10-21,23,26-28H2,1H3,(H,51,58)(H,52,57,59). The van der Waals surface area contributed by atoms with Crippen molar-refractivity contribution < 1.29 is 27.6 Å². The SMILES string of the molecule is CC1CCC(C(=O)NC2CCC(CN3CCN(CC4CCN(c5cncc(C6CCC(=O)NC6=O)c5)CC4)CC3)C(C(F)(F)F)C2)CC1C#CC1CNC2CCCNN12. The van der Waals surface area contributed by atoms with Gasteiger partial charge in [0, 0.05) is 95.9 Å². The first-order valence-electron chi connectivity index (χ1n) is 22.6. The van der Waals surface area contributed by atoms with Gasteiger partial charge < -0.3 is 20.0 Å². The quantitative estimate of drug-likeness (QED) is 0.227. The first-order chi connectivity index (χ1) is 28.5. The van der Waals surface area contributed by atoms with Crippen molar-refractivity contribution in [2.24, 2.45) is 35.5 Å². The van der Waals surface area contributed by atoms with Gasteiger partial charge in [-0.25, -0.2) is 5.01 Å². The lowest BCUT2D eigenvalue weighted by Crippen LogP contribution is -2.53. The monoisotopic (exact) mass is 824 g/mol. The molecular formula is C44H64F3N9O3. The highest BCUT2D eigenvalue weighted by Crippen LogP contribution is 2.43. The summed E-state index contributed by atoms with van der Waals surface area (Å²) in [5.74, 6) is 5.06. The van der Waals surface area contributed by atoms with Gasteiger partial charge >= 0.3 is 6.18 Å². The number of fused-ring (bicyclic) bond motifs is 1. The zero-order valence-electron chi connectivity index (χ0n) is 34.7. The van der Waals surface area contributed by atoms with E-state index in [4.69, 9.17) is 0 Å². The number of piperidine rings is 2. The highest BCUT2D eigenvalue weighted by molar-refractivity contribution is 6.01. The van der Waals surface area contributed by atoms with E-state index in [1.807, 2.05) is 12.3 Å². The first kappa shape index (κ1) is 42.4. The molecule has 8 rings (SSSR count). The van der Waals surface area contributed by atoms with E-state index in [2.05, 4.69) is 64.8 Å². The van der Waals surface area contributed by atoms with Crippen LogP contribution >= 0.6 is 0 Å². The van der Waals surface area contributed by atoms with E-state index in [0.29, 0.717) is 56.7 Å². The number of amides is 3. The Morgan fingerprint density at radius 1 is 0.915 bits per heavy atom. The third-order valence-corrected chi connectivity index (χ3v) is 14.8. The Kier molecular flexibility index (Phi) is 13.5. The van der Waals surface area contributed by atoms with Crippen molar-refractivity contribution in [3.63, 3.8) is 0 Å². The van der Waals surface area contributed by atoms with Crippen LogP contribution in [-0.2, 0) is 14.4 Å². The lowest BCUT2D eigenvalue weighted by Gasteiger charge is -2.43. The highest BCUT2D eigenvalue weighted by Gasteiger charge is 2.48. The van der Waals surface area contributed by atoms with Crippen molar-refractivity contribution in [3.8, 4) is 11.8 Å². The molecule has 3 amide bonds. The summed E-state index contributed by atoms with van der Waals surface area (Å²) in [7, 11) is 0. The molecule has 9 atom stereocenters. The number of pyridine rings is 1. The van der Waals surface area contributed by atoms with E-state index in [1.165, 1.54) is 0 Å². The summed E-state index contributed by atoms with van der Waals surface area (Å²) in [6.45, 7) is 10.5. The molecule has 9 unspecified atom stereocenters. The van der Waals surface area contributed by atoms with Crippen molar-refractivity contribution in [1.82, 2.24) is 41.2 Å². The molecule has 0 bridgehead atoms. The second-order valence-electron chi connectivity index (χ2n) is 18.7. The molecule has 7 fully saturated rings. The van der Waals surface area contributed by atoms with E-state index in [1.54, 1.807) is 6.20 Å². The summed E-state index contributed by atoms with van der Waals surface area (Å²) < 4.78 is 43.8. The average Bonchev–Trinajstić information content (AvgIpc) is 3.65. The van der Waals surface area contributed by atoms with Gasteiger partial charge in [0.15, 0.2) is 0 Å². The molecule has 324 valence electrons. The molecular weight excluding hydrogens is 760 g/mol. The molecule has 2 aliphatic carbocycles. The number of aromatic nitrogens is 1. The van der Waals surface area contributed by atoms with Crippen LogP contribution < -0.4 is 26.3 Å². The first-order valence-corrected chi connectivity index (χ1v) is 22.6. The molecule has 5 aliphatic heterocycles. The Hall–Kier alpha value is -3.29. The molecule has 0 radical (unpaired) electrons. The molecule has 7 aliphatic rings. The smallest absolute Gasteiger partial charge is 0.370 e. The Morgan fingerprint density at radius 2 is 1.69 bits per heavy atom. The second kappa shape index (κ2) is 18.8. The van der Waals surface area contributed by atoms with Gasteiger partial charge in [0.25, 0.3) is 0 Å². The molecule has 1 aromatic heterocycles. The second-order valence-corrected chi connectivity index (χ2v) is 18.7. The van der Waals surface area contributed by atoms with E-state index >= 15 is 0 Å². The number of imide groups is 1. The summed E-state index contributed by atoms with van der Waals surface area (Å²) in [5, 5.41) is 11.3. The number of halogens is 3. The summed E-state index contributed by atoms with van der Waals surface area (Å²) in [6, 6.07) is 1.70. The van der Waals surface area contributed by atoms with Gasteiger partial charge in [-0.05, 0) is 100 Å². The van der Waals surface area contributed by atoms with Gasteiger partial charge in [-0.3, -0.25) is 35.4 Å². The van der Waals surface area contributed by atoms with Crippen LogP contribution in [0.25, 0.3) is 0 Å². The zero-order chi connectivity index (χ0) is 41.1. The number of carbonyl (C=O) groups excluding carboxylic acids is 3. The molecule has 6 heterocycles. The number of hydrogen-bond donors (Lipinski definition) is 4. The Bertz CT molecular complexity index is 1700. The van der Waals surface area contributed by atoms with Crippen LogP contribution in [0.3, 0.4) is 0 Å². The van der Waals surface area contributed by atoms with Crippen LogP contribution in [0.5, 0.6) is 0 Å². The van der Waals surface area contributed by atoms with E-state index < -0.39 is 24.1 Å². The molecule has 59 heavy (non-hydrogen) atoms. The summed E-state index contributed by atoms with van der Waals surface area (Å²) >= 11 is 0. The summed E-state index contributed by atoms with van der Waals surface area (Å²) in [4.78, 5) is 49.0. The van der Waals surface area contributed by atoms with Gasteiger partial charge in [-0.15, -0.1) is 0 Å². The van der Waals surface area contributed by atoms with Crippen molar-refractivity contribution in [2.45, 2.75) is 114 Å². The fourth-order valence-electron chi connectivity index (χ4n) is 11.1. The number of nitrogens with one attached hydrogen (secondary N) is 4. The Morgan fingerprint density at radius 3 is 2.46 bits per heavy atom. The zero-order valence-corrected chi connectivity index (χ0v) is 34.7. The van der Waals surface area contributed by atoms with E-state index in [-0.39, 0.29) is 47.9 Å². The number of rotatable bonds is 8. The Labute approximate surface area is 347 Å². The third kappa shape index (κ3) is 10.4. The number of carbonyl (C=O) groups is 3. The predicted octanol–water partition coefficient (Wildman–Crippen LogP) is 3.85. The molecule has 5 saturated heterocycles. The van der Waals surface area contributed by atoms with Crippen LogP contribution in [0.2, 0.25) is 0 Å². The van der Waals surface area contributed by atoms with Gasteiger partial charge in [0.2, 0.25) is 17.7 Å². The number of piperazine rings is 1. The van der Waals surface area contributed by atoms with Gasteiger partial charge in [0.05, 0.1) is 35.9 Å². The predicted molar refractivity (Wildman–Crippen MR) is 218 cm³/mol. The van der Waals surface area contributed by atoms with Crippen LogP contribution in [0, 0.1) is 47.3 Å². The summed E-state index contributed by atoms with van der Waals surface area (Å²) in [6.07, 6.45) is 8.12. The average molecular weight is 824 g/mol. The largest absolute Gasteiger partial charge is 0.392 e. The third-order valence-electron chi connectivity index (χ3n) is 14.8. The minimum atomic E-state index is -4.30. The van der Waals surface area contributed by atoms with Crippen LogP contribution in [0.1, 0.15) is 95.5 Å². The van der Waals surface area contributed by atoms with Gasteiger partial charge in [0.1, 0.15) is 0 Å². The summed E-state index contributed by atoms with van der Waals surface area (Å²) in [5.41, 5.74) is 5.33. The number of anilines is 1. The minimum Gasteiger partial charge on any atom is -0.370 e. The van der Waals surface area contributed by atoms with Gasteiger partial charge in [-0.1, -0.05) is 18.8 Å². The van der Waals surface area contributed by atoms with Gasteiger partial charge in [-0.2, -0.15) is 13.2 Å². The van der Waals surface area contributed by atoms with Crippen molar-refractivity contribution in [2.75, 3.05) is 70.3 Å². The van der Waals surface area contributed by atoms with E-state index in [9.17, 15) is 27.6 Å². The fourth-order valence-corrected chi connectivity index (χ4v) is 11.1. The number of nitrogens with zero attached hydrogens (tertiary/aromatic N) is 5. The van der Waals surface area contributed by atoms with Crippen LogP contribution in [0.4, 0.5) is 18.9 Å². The topological polar surface area (TPSA) is 125 Å². The maximum absolute atomic E-state index is 14.6. The lowest BCUT2D eigenvalue weighted by atomic mass is 9.73. The number of alkyl halides is 3.